The van der Waals surface area contributed by atoms with Crippen molar-refractivity contribution in [2.45, 2.75) is 18.2 Å². The molecule has 2 rings (SSSR count). The highest BCUT2D eigenvalue weighted by Gasteiger charge is 2.29. The van der Waals surface area contributed by atoms with Crippen molar-refractivity contribution in [2.75, 3.05) is 23.8 Å². The van der Waals surface area contributed by atoms with Crippen LogP contribution in [0, 0.1) is 12.8 Å². The summed E-state index contributed by atoms with van der Waals surface area (Å²) in [5.41, 5.74) is 6.64. The molecule has 1 fully saturated rings. The Morgan fingerprint density at radius 1 is 1.43 bits per heavy atom. The third kappa shape index (κ3) is 3.88. The van der Waals surface area contributed by atoms with Gasteiger partial charge in [0.25, 0.3) is 0 Å². The number of benzene rings is 1. The van der Waals surface area contributed by atoms with Gasteiger partial charge in [-0.2, -0.15) is 0 Å². The summed E-state index contributed by atoms with van der Waals surface area (Å²) < 4.78 is 49.5. The molecule has 21 heavy (non-hydrogen) atoms. The van der Waals surface area contributed by atoms with Crippen LogP contribution in [0.3, 0.4) is 0 Å². The Morgan fingerprint density at radius 3 is 2.62 bits per heavy atom. The number of nitrogens with two attached hydrogens (primary N) is 1. The summed E-state index contributed by atoms with van der Waals surface area (Å²) >= 11 is 5.94. The summed E-state index contributed by atoms with van der Waals surface area (Å²) in [5.74, 6) is -0.0577. The van der Waals surface area contributed by atoms with Crippen LogP contribution >= 0.6 is 11.6 Å². The lowest BCUT2D eigenvalue weighted by Gasteiger charge is -2.12. The average molecular weight is 353 g/mol. The monoisotopic (exact) mass is 352 g/mol. The molecule has 1 aliphatic heterocycles. The zero-order chi connectivity index (χ0) is 15.8. The minimum Gasteiger partial charge on any atom is -0.398 e. The number of hydrogen-bond donors (Lipinski definition) is 2. The topological polar surface area (TPSA) is 106 Å². The van der Waals surface area contributed by atoms with Gasteiger partial charge in [-0.3, -0.25) is 0 Å². The fraction of sp³-hybridized carbons (Fsp3) is 0.500. The number of sulfone groups is 1. The molecule has 3 N–H and O–H groups in total. The van der Waals surface area contributed by atoms with Crippen molar-refractivity contribution >= 4 is 37.1 Å². The maximum absolute atomic E-state index is 12.2. The van der Waals surface area contributed by atoms with Gasteiger partial charge in [0.15, 0.2) is 9.84 Å². The number of nitrogens with one attached hydrogen (secondary N) is 1. The molecule has 1 atom stereocenters. The van der Waals surface area contributed by atoms with Crippen LogP contribution in [-0.4, -0.2) is 34.9 Å². The Hall–Kier alpha value is -0.830. The van der Waals surface area contributed by atoms with Gasteiger partial charge in [-0.1, -0.05) is 11.6 Å². The molecule has 0 saturated carbocycles. The standard InChI is InChI=1S/C12H17ClN2O4S2/c1-8-11(13)4-10(5-12(8)14)21(18,19)15-6-9-2-3-20(16,17)7-9/h4-5,9,15H,2-3,6-7,14H2,1H3. The number of sulfonamides is 1. The summed E-state index contributed by atoms with van der Waals surface area (Å²) in [6.45, 7) is 1.79. The summed E-state index contributed by atoms with van der Waals surface area (Å²) in [6, 6.07) is 2.68. The second kappa shape index (κ2) is 5.75. The molecule has 1 unspecified atom stereocenters. The Labute approximate surface area is 129 Å². The van der Waals surface area contributed by atoms with Crippen LogP contribution in [0.25, 0.3) is 0 Å². The van der Waals surface area contributed by atoms with E-state index in [1.54, 1.807) is 6.92 Å². The number of rotatable bonds is 4. The molecule has 118 valence electrons. The molecule has 0 aromatic heterocycles. The van der Waals surface area contributed by atoms with Crippen molar-refractivity contribution in [3.05, 3.63) is 22.7 Å². The highest BCUT2D eigenvalue weighted by Crippen LogP contribution is 2.26. The lowest BCUT2D eigenvalue weighted by atomic mass is 10.1. The first-order valence-corrected chi connectivity index (χ1v) is 10.0. The maximum atomic E-state index is 12.2. The van der Waals surface area contributed by atoms with Crippen LogP contribution in [0.2, 0.25) is 5.02 Å². The minimum atomic E-state index is -3.76. The molecule has 9 heteroatoms. The van der Waals surface area contributed by atoms with E-state index in [2.05, 4.69) is 4.72 Å². The van der Waals surface area contributed by atoms with E-state index in [4.69, 9.17) is 17.3 Å². The Kier molecular flexibility index (Phi) is 4.53. The summed E-state index contributed by atoms with van der Waals surface area (Å²) in [6.07, 6.45) is 0.474. The van der Waals surface area contributed by atoms with Crippen molar-refractivity contribution in [2.24, 2.45) is 5.92 Å². The molecule has 1 aromatic carbocycles. The van der Waals surface area contributed by atoms with E-state index in [1.165, 1.54) is 12.1 Å². The van der Waals surface area contributed by atoms with Gasteiger partial charge in [0.2, 0.25) is 10.0 Å². The summed E-state index contributed by atoms with van der Waals surface area (Å²) in [5, 5.41) is 0.277. The molecular formula is C12H17ClN2O4S2. The minimum absolute atomic E-state index is 0.0172. The predicted octanol–water partition coefficient (Wildman–Crippen LogP) is 0.944. The van der Waals surface area contributed by atoms with Crippen LogP contribution in [0.4, 0.5) is 5.69 Å². The first kappa shape index (κ1) is 16.5. The first-order valence-electron chi connectivity index (χ1n) is 6.36. The third-order valence-electron chi connectivity index (χ3n) is 3.56. The van der Waals surface area contributed by atoms with Gasteiger partial charge in [-0.05, 0) is 37.0 Å². The van der Waals surface area contributed by atoms with E-state index < -0.39 is 19.9 Å². The van der Waals surface area contributed by atoms with Crippen LogP contribution in [0.5, 0.6) is 0 Å². The van der Waals surface area contributed by atoms with Gasteiger partial charge in [-0.25, -0.2) is 21.6 Å². The fourth-order valence-corrected chi connectivity index (χ4v) is 5.50. The molecule has 1 aliphatic rings. The van der Waals surface area contributed by atoms with Crippen molar-refractivity contribution in [3.63, 3.8) is 0 Å². The van der Waals surface area contributed by atoms with Gasteiger partial charge >= 0.3 is 0 Å². The molecule has 0 radical (unpaired) electrons. The predicted molar refractivity (Wildman–Crippen MR) is 82.6 cm³/mol. The lowest BCUT2D eigenvalue weighted by Crippen LogP contribution is -2.30. The average Bonchev–Trinajstić information content (AvgIpc) is 2.73. The van der Waals surface area contributed by atoms with E-state index in [9.17, 15) is 16.8 Å². The highest BCUT2D eigenvalue weighted by atomic mass is 35.5. The van der Waals surface area contributed by atoms with Gasteiger partial charge in [0, 0.05) is 17.3 Å². The molecular weight excluding hydrogens is 336 g/mol. The van der Waals surface area contributed by atoms with E-state index in [1.807, 2.05) is 0 Å². The van der Waals surface area contributed by atoms with E-state index >= 15 is 0 Å². The van der Waals surface area contributed by atoms with E-state index in [-0.39, 0.29) is 33.9 Å². The Balaban J connectivity index is 2.12. The maximum Gasteiger partial charge on any atom is 0.240 e. The molecule has 1 saturated heterocycles. The van der Waals surface area contributed by atoms with E-state index in [0.29, 0.717) is 17.7 Å². The number of hydrogen-bond acceptors (Lipinski definition) is 5. The Morgan fingerprint density at radius 2 is 2.10 bits per heavy atom. The third-order valence-corrected chi connectivity index (χ3v) is 7.19. The Bertz CT molecular complexity index is 736. The van der Waals surface area contributed by atoms with Crippen molar-refractivity contribution in [1.82, 2.24) is 4.72 Å². The van der Waals surface area contributed by atoms with Crippen molar-refractivity contribution in [3.8, 4) is 0 Å². The van der Waals surface area contributed by atoms with E-state index in [0.717, 1.165) is 0 Å². The molecule has 0 amide bonds. The number of anilines is 1. The van der Waals surface area contributed by atoms with Gasteiger partial charge in [0.1, 0.15) is 0 Å². The number of halogens is 1. The van der Waals surface area contributed by atoms with Crippen LogP contribution < -0.4 is 10.5 Å². The smallest absolute Gasteiger partial charge is 0.240 e. The molecule has 1 aromatic rings. The number of nitrogen functional groups attached to an aromatic ring is 1. The molecule has 0 bridgehead atoms. The normalized spacial score (nSPS) is 21.5. The quantitative estimate of drug-likeness (QED) is 0.784. The van der Waals surface area contributed by atoms with Gasteiger partial charge in [-0.15, -0.1) is 0 Å². The largest absolute Gasteiger partial charge is 0.398 e. The summed E-state index contributed by atoms with van der Waals surface area (Å²) in [7, 11) is -6.78. The zero-order valence-corrected chi connectivity index (χ0v) is 13.9. The van der Waals surface area contributed by atoms with Crippen molar-refractivity contribution < 1.29 is 16.8 Å². The second-order valence-electron chi connectivity index (χ2n) is 5.24. The van der Waals surface area contributed by atoms with Crippen LogP contribution in [0.1, 0.15) is 12.0 Å². The summed E-state index contributed by atoms with van der Waals surface area (Å²) in [4.78, 5) is -0.0172. The lowest BCUT2D eigenvalue weighted by molar-refractivity contribution is 0.543. The molecule has 0 spiro atoms. The first-order chi connectivity index (χ1) is 9.61. The fourth-order valence-electron chi connectivity index (χ4n) is 2.17. The van der Waals surface area contributed by atoms with Gasteiger partial charge < -0.3 is 5.73 Å². The van der Waals surface area contributed by atoms with Gasteiger partial charge in [0.05, 0.1) is 16.4 Å². The SMILES string of the molecule is Cc1c(N)cc(S(=O)(=O)NCC2CCS(=O)(=O)C2)cc1Cl. The molecule has 6 nitrogen and oxygen atoms in total. The molecule has 0 aliphatic carbocycles. The van der Waals surface area contributed by atoms with Crippen LogP contribution in [-0.2, 0) is 19.9 Å². The second-order valence-corrected chi connectivity index (χ2v) is 9.64. The van der Waals surface area contributed by atoms with Crippen molar-refractivity contribution in [1.29, 1.82) is 0 Å². The highest BCUT2D eigenvalue weighted by molar-refractivity contribution is 7.91. The molecule has 1 heterocycles. The zero-order valence-electron chi connectivity index (χ0n) is 11.5. The van der Waals surface area contributed by atoms with Crippen LogP contribution in [0.15, 0.2) is 17.0 Å².